The van der Waals surface area contributed by atoms with Gasteiger partial charge in [-0.2, -0.15) is 0 Å². The summed E-state index contributed by atoms with van der Waals surface area (Å²) < 4.78 is 0. The zero-order valence-electron chi connectivity index (χ0n) is 15.8. The Bertz CT molecular complexity index is 746. The van der Waals surface area contributed by atoms with E-state index in [9.17, 15) is 4.79 Å². The number of nitrogens with one attached hydrogen (secondary N) is 3. The molecule has 3 rings (SSSR count). The number of carbonyl (C=O) groups excluding carboxylic acids is 1. The smallest absolute Gasteiger partial charge is 0.242 e. The maximum absolute atomic E-state index is 13.0. The Kier molecular flexibility index (Phi) is 8.10. The summed E-state index contributed by atoms with van der Waals surface area (Å²) in [5.74, 6) is 0.535. The Labute approximate surface area is 176 Å². The van der Waals surface area contributed by atoms with Crippen LogP contribution in [0.3, 0.4) is 0 Å². The maximum Gasteiger partial charge on any atom is 0.242 e. The van der Waals surface area contributed by atoms with Crippen LogP contribution in [0.1, 0.15) is 36.4 Å². The van der Waals surface area contributed by atoms with Gasteiger partial charge in [0.15, 0.2) is 0 Å². The van der Waals surface area contributed by atoms with Crippen molar-refractivity contribution >= 4 is 29.1 Å². The van der Waals surface area contributed by atoms with Gasteiger partial charge in [0.1, 0.15) is 6.04 Å². The highest BCUT2D eigenvalue weighted by molar-refractivity contribution is 6.36. The normalized spacial score (nSPS) is 15.9. The predicted octanol–water partition coefficient (Wildman–Crippen LogP) is 3.73. The predicted molar refractivity (Wildman–Crippen MR) is 114 cm³/mol. The Morgan fingerprint density at radius 1 is 1.14 bits per heavy atom. The molecule has 1 unspecified atom stereocenters. The first-order chi connectivity index (χ1) is 13.6. The van der Waals surface area contributed by atoms with Crippen LogP contribution in [0.4, 0.5) is 0 Å². The van der Waals surface area contributed by atoms with Gasteiger partial charge in [0.25, 0.3) is 0 Å². The number of amides is 1. The van der Waals surface area contributed by atoms with Crippen LogP contribution in [0.25, 0.3) is 0 Å². The number of benzene rings is 1. The number of rotatable bonds is 8. The SMILES string of the molecule is O=C(NCc1ccncc1)C(NCCC1CCNCC1)c1c(Cl)cccc1Cl. The number of piperidine rings is 1. The second-order valence-corrected chi connectivity index (χ2v) is 7.89. The summed E-state index contributed by atoms with van der Waals surface area (Å²) in [6, 6.07) is 8.48. The Morgan fingerprint density at radius 3 is 2.50 bits per heavy atom. The van der Waals surface area contributed by atoms with E-state index in [4.69, 9.17) is 23.2 Å². The van der Waals surface area contributed by atoms with Gasteiger partial charge in [-0.15, -0.1) is 0 Å². The third-order valence-corrected chi connectivity index (χ3v) is 5.79. The molecule has 1 saturated heterocycles. The minimum Gasteiger partial charge on any atom is -0.350 e. The lowest BCUT2D eigenvalue weighted by atomic mass is 9.94. The standard InChI is InChI=1S/C21H26Cl2N4O/c22-17-2-1-3-18(23)19(17)20(26-13-8-15-4-9-24-10-5-15)21(28)27-14-16-6-11-25-12-7-16/h1-3,6-7,11-12,15,20,24,26H,4-5,8-10,13-14H2,(H,27,28). The van der Waals surface area contributed by atoms with Crippen LogP contribution in [0.5, 0.6) is 0 Å². The van der Waals surface area contributed by atoms with E-state index in [1.807, 2.05) is 12.1 Å². The van der Waals surface area contributed by atoms with Crippen molar-refractivity contribution in [1.29, 1.82) is 0 Å². The van der Waals surface area contributed by atoms with Crippen LogP contribution >= 0.6 is 23.2 Å². The summed E-state index contributed by atoms with van der Waals surface area (Å²) in [6.45, 7) is 3.29. The maximum atomic E-state index is 13.0. The molecule has 1 atom stereocenters. The minimum absolute atomic E-state index is 0.142. The molecule has 1 aromatic carbocycles. The van der Waals surface area contributed by atoms with Gasteiger partial charge in [-0.25, -0.2) is 0 Å². The molecule has 7 heteroatoms. The lowest BCUT2D eigenvalue weighted by Crippen LogP contribution is -2.39. The molecule has 0 spiro atoms. The number of carbonyl (C=O) groups is 1. The van der Waals surface area contributed by atoms with Gasteiger partial charge in [-0.1, -0.05) is 29.3 Å². The fraction of sp³-hybridized carbons (Fsp3) is 0.429. The second kappa shape index (κ2) is 10.8. The molecule has 0 saturated carbocycles. The molecule has 1 aromatic heterocycles. The van der Waals surface area contributed by atoms with Gasteiger partial charge in [-0.05, 0) is 74.6 Å². The van der Waals surface area contributed by atoms with Crippen LogP contribution in [-0.4, -0.2) is 30.5 Å². The topological polar surface area (TPSA) is 66.0 Å². The fourth-order valence-corrected chi connectivity index (χ4v) is 4.12. The number of pyridine rings is 1. The summed E-state index contributed by atoms with van der Waals surface area (Å²) in [5, 5.41) is 10.7. The molecule has 0 aliphatic carbocycles. The van der Waals surface area contributed by atoms with Crippen LogP contribution in [0.15, 0.2) is 42.7 Å². The molecule has 150 valence electrons. The third-order valence-electron chi connectivity index (χ3n) is 5.13. The number of hydrogen-bond donors (Lipinski definition) is 3. The van der Waals surface area contributed by atoms with E-state index >= 15 is 0 Å². The van der Waals surface area contributed by atoms with Crippen LogP contribution in [-0.2, 0) is 11.3 Å². The first kappa shape index (κ1) is 21.1. The summed E-state index contributed by atoms with van der Waals surface area (Å²) in [4.78, 5) is 17.0. The van der Waals surface area contributed by atoms with Gasteiger partial charge >= 0.3 is 0 Å². The van der Waals surface area contributed by atoms with E-state index in [-0.39, 0.29) is 5.91 Å². The average Bonchev–Trinajstić information content (AvgIpc) is 2.72. The van der Waals surface area contributed by atoms with Crippen molar-refractivity contribution in [1.82, 2.24) is 20.9 Å². The lowest BCUT2D eigenvalue weighted by Gasteiger charge is -2.25. The highest BCUT2D eigenvalue weighted by Gasteiger charge is 2.25. The Balaban J connectivity index is 1.67. The van der Waals surface area contributed by atoms with Crippen LogP contribution < -0.4 is 16.0 Å². The highest BCUT2D eigenvalue weighted by Crippen LogP contribution is 2.31. The zero-order valence-corrected chi connectivity index (χ0v) is 17.3. The van der Waals surface area contributed by atoms with Gasteiger partial charge in [0, 0.05) is 34.5 Å². The van der Waals surface area contributed by atoms with Crippen molar-refractivity contribution in [3.8, 4) is 0 Å². The summed E-state index contributed by atoms with van der Waals surface area (Å²) in [7, 11) is 0. The second-order valence-electron chi connectivity index (χ2n) is 7.08. The molecule has 1 aliphatic rings. The average molecular weight is 421 g/mol. The van der Waals surface area contributed by atoms with E-state index < -0.39 is 6.04 Å². The summed E-state index contributed by atoms with van der Waals surface area (Å²) in [6.07, 6.45) is 6.79. The molecular formula is C21H26Cl2N4O. The van der Waals surface area contributed by atoms with Crippen molar-refractivity contribution in [3.05, 3.63) is 63.9 Å². The molecule has 1 amide bonds. The fourth-order valence-electron chi connectivity index (χ4n) is 3.51. The Hall–Kier alpha value is -1.66. The zero-order chi connectivity index (χ0) is 19.8. The number of hydrogen-bond acceptors (Lipinski definition) is 4. The highest BCUT2D eigenvalue weighted by atomic mass is 35.5. The molecule has 5 nitrogen and oxygen atoms in total. The first-order valence-electron chi connectivity index (χ1n) is 9.70. The molecule has 1 aliphatic heterocycles. The van der Waals surface area contributed by atoms with E-state index in [1.165, 1.54) is 12.8 Å². The van der Waals surface area contributed by atoms with Gasteiger partial charge in [-0.3, -0.25) is 9.78 Å². The van der Waals surface area contributed by atoms with Crippen molar-refractivity contribution in [3.63, 3.8) is 0 Å². The van der Waals surface area contributed by atoms with Crippen molar-refractivity contribution in [2.24, 2.45) is 5.92 Å². The number of nitrogens with zero attached hydrogens (tertiary/aromatic N) is 1. The first-order valence-corrected chi connectivity index (χ1v) is 10.5. The summed E-state index contributed by atoms with van der Waals surface area (Å²) >= 11 is 12.8. The van der Waals surface area contributed by atoms with Gasteiger partial charge in [0.05, 0.1) is 0 Å². The van der Waals surface area contributed by atoms with Crippen molar-refractivity contribution in [2.75, 3.05) is 19.6 Å². The molecule has 2 heterocycles. The van der Waals surface area contributed by atoms with Crippen molar-refractivity contribution in [2.45, 2.75) is 31.8 Å². The summed E-state index contributed by atoms with van der Waals surface area (Å²) in [5.41, 5.74) is 1.62. The van der Waals surface area contributed by atoms with Crippen molar-refractivity contribution < 1.29 is 4.79 Å². The van der Waals surface area contributed by atoms with Crippen LogP contribution in [0.2, 0.25) is 10.0 Å². The van der Waals surface area contributed by atoms with Gasteiger partial charge < -0.3 is 16.0 Å². The molecule has 2 aromatic rings. The van der Waals surface area contributed by atoms with E-state index in [0.717, 1.165) is 31.6 Å². The molecule has 0 radical (unpaired) electrons. The number of aromatic nitrogens is 1. The van der Waals surface area contributed by atoms with E-state index in [2.05, 4.69) is 20.9 Å². The molecule has 28 heavy (non-hydrogen) atoms. The molecule has 1 fully saturated rings. The molecule has 0 bridgehead atoms. The third kappa shape index (κ3) is 5.92. The largest absolute Gasteiger partial charge is 0.350 e. The van der Waals surface area contributed by atoms with Crippen LogP contribution in [0, 0.1) is 5.92 Å². The monoisotopic (exact) mass is 420 g/mol. The van der Waals surface area contributed by atoms with E-state index in [1.54, 1.807) is 30.6 Å². The van der Waals surface area contributed by atoms with Gasteiger partial charge in [0.2, 0.25) is 5.91 Å². The number of halogens is 2. The van der Waals surface area contributed by atoms with E-state index in [0.29, 0.717) is 28.1 Å². The lowest BCUT2D eigenvalue weighted by molar-refractivity contribution is -0.123. The molecule has 3 N–H and O–H groups in total. The Morgan fingerprint density at radius 2 is 1.82 bits per heavy atom. The quantitative estimate of drug-likeness (QED) is 0.608. The molecular weight excluding hydrogens is 395 g/mol. The minimum atomic E-state index is -0.593.